The lowest BCUT2D eigenvalue weighted by Crippen LogP contribution is -2.32. The lowest BCUT2D eigenvalue weighted by Gasteiger charge is -2.16. The number of nitrogens with one attached hydrogen (secondary N) is 1. The van der Waals surface area contributed by atoms with Gasteiger partial charge in [-0.15, -0.1) is 0 Å². The minimum absolute atomic E-state index is 0.0223. The molecule has 0 unspecified atom stereocenters. The summed E-state index contributed by atoms with van der Waals surface area (Å²) >= 11 is 0. The van der Waals surface area contributed by atoms with Gasteiger partial charge in [0.25, 0.3) is 5.91 Å². The first kappa shape index (κ1) is 17.1. The van der Waals surface area contributed by atoms with Crippen LogP contribution in [0.5, 0.6) is 0 Å². The Morgan fingerprint density at radius 1 is 1.04 bits per heavy atom. The summed E-state index contributed by atoms with van der Waals surface area (Å²) in [4.78, 5) is 19.4. The summed E-state index contributed by atoms with van der Waals surface area (Å²) in [6.45, 7) is 1.23. The van der Waals surface area contributed by atoms with E-state index in [4.69, 9.17) is 5.73 Å². The number of rotatable bonds is 4. The fraction of sp³-hybridized carbons (Fsp3) is 0.318. The van der Waals surface area contributed by atoms with E-state index in [1.54, 1.807) is 0 Å². The van der Waals surface area contributed by atoms with Crippen LogP contribution in [0.4, 0.5) is 0 Å². The van der Waals surface area contributed by atoms with Crippen molar-refractivity contribution in [3.63, 3.8) is 0 Å². The van der Waals surface area contributed by atoms with E-state index in [0.717, 1.165) is 11.4 Å². The van der Waals surface area contributed by atoms with Crippen LogP contribution in [-0.4, -0.2) is 45.1 Å². The molecule has 1 saturated carbocycles. The Morgan fingerprint density at radius 2 is 1.79 bits per heavy atom. The van der Waals surface area contributed by atoms with Gasteiger partial charge in [0, 0.05) is 42.1 Å². The minimum atomic E-state index is -0.0419. The van der Waals surface area contributed by atoms with Crippen LogP contribution in [0.15, 0.2) is 54.6 Å². The van der Waals surface area contributed by atoms with Crippen molar-refractivity contribution in [2.45, 2.75) is 30.7 Å². The molecule has 2 fully saturated rings. The van der Waals surface area contributed by atoms with Gasteiger partial charge in [-0.05, 0) is 30.5 Å². The highest BCUT2D eigenvalue weighted by atomic mass is 16.2. The molecule has 28 heavy (non-hydrogen) atoms. The first-order valence-electron chi connectivity index (χ1n) is 9.81. The van der Waals surface area contributed by atoms with Crippen molar-refractivity contribution in [2.75, 3.05) is 13.1 Å². The van der Waals surface area contributed by atoms with Gasteiger partial charge in [-0.1, -0.05) is 42.5 Å². The number of carbonyl (C=O) groups is 1. The number of hydrogen-bond acceptors (Lipinski definition) is 4. The molecule has 2 heterocycles. The van der Waals surface area contributed by atoms with E-state index in [-0.39, 0.29) is 17.9 Å². The van der Waals surface area contributed by atoms with Crippen LogP contribution < -0.4 is 5.73 Å². The van der Waals surface area contributed by atoms with Crippen LogP contribution in [0.1, 0.15) is 46.4 Å². The topological polar surface area (TPSA) is 87.9 Å². The zero-order valence-electron chi connectivity index (χ0n) is 15.6. The van der Waals surface area contributed by atoms with Crippen LogP contribution >= 0.6 is 0 Å². The molecular formula is C22H23N5O. The zero-order chi connectivity index (χ0) is 19.1. The largest absolute Gasteiger partial charge is 0.336 e. The van der Waals surface area contributed by atoms with E-state index < -0.39 is 0 Å². The summed E-state index contributed by atoms with van der Waals surface area (Å²) in [5.41, 5.74) is 9.11. The van der Waals surface area contributed by atoms with Crippen molar-refractivity contribution in [1.29, 1.82) is 0 Å². The Labute approximate surface area is 163 Å². The van der Waals surface area contributed by atoms with E-state index in [1.165, 1.54) is 18.4 Å². The second-order valence-electron chi connectivity index (χ2n) is 7.79. The van der Waals surface area contributed by atoms with Gasteiger partial charge in [-0.3, -0.25) is 9.89 Å². The summed E-state index contributed by atoms with van der Waals surface area (Å²) in [5, 5.41) is 7.33. The SMILES string of the molecule is N[C@@H]1CN(C(=O)c2ccc(-c3n[nH]c(C4CC4)n3)cc2)C[C@H]1c1ccccc1. The molecule has 1 saturated heterocycles. The molecule has 2 aromatic carbocycles. The highest BCUT2D eigenvalue weighted by Gasteiger charge is 2.34. The fourth-order valence-corrected chi connectivity index (χ4v) is 3.93. The molecule has 3 N–H and O–H groups in total. The Morgan fingerprint density at radius 3 is 2.50 bits per heavy atom. The molecule has 0 radical (unpaired) electrons. The zero-order valence-corrected chi connectivity index (χ0v) is 15.6. The third-order valence-electron chi connectivity index (χ3n) is 5.74. The van der Waals surface area contributed by atoms with Crippen LogP contribution in [0.25, 0.3) is 11.4 Å². The van der Waals surface area contributed by atoms with Crippen LogP contribution in [-0.2, 0) is 0 Å². The molecule has 1 aliphatic heterocycles. The second-order valence-corrected chi connectivity index (χ2v) is 7.79. The first-order chi connectivity index (χ1) is 13.7. The maximum Gasteiger partial charge on any atom is 0.253 e. The van der Waals surface area contributed by atoms with E-state index in [0.29, 0.717) is 30.4 Å². The summed E-state index contributed by atoms with van der Waals surface area (Å²) < 4.78 is 0. The van der Waals surface area contributed by atoms with Gasteiger partial charge in [-0.2, -0.15) is 5.10 Å². The van der Waals surface area contributed by atoms with Gasteiger partial charge in [-0.25, -0.2) is 4.98 Å². The van der Waals surface area contributed by atoms with Gasteiger partial charge in [0.2, 0.25) is 0 Å². The molecule has 0 bridgehead atoms. The van der Waals surface area contributed by atoms with E-state index in [2.05, 4.69) is 27.3 Å². The van der Waals surface area contributed by atoms with Crippen LogP contribution in [0.2, 0.25) is 0 Å². The molecule has 6 heteroatoms. The summed E-state index contributed by atoms with van der Waals surface area (Å²) in [6.07, 6.45) is 2.37. The molecule has 1 aromatic heterocycles. The predicted octanol–water partition coefficient (Wildman–Crippen LogP) is 2.92. The van der Waals surface area contributed by atoms with Crippen molar-refractivity contribution in [1.82, 2.24) is 20.1 Å². The van der Waals surface area contributed by atoms with Gasteiger partial charge in [0.05, 0.1) is 0 Å². The number of nitrogens with zero attached hydrogens (tertiary/aromatic N) is 3. The average Bonchev–Trinajstić information content (AvgIpc) is 3.34. The van der Waals surface area contributed by atoms with E-state index in [9.17, 15) is 4.79 Å². The molecule has 2 atom stereocenters. The Bertz CT molecular complexity index is 978. The highest BCUT2D eigenvalue weighted by molar-refractivity contribution is 5.95. The van der Waals surface area contributed by atoms with Crippen molar-refractivity contribution < 1.29 is 4.79 Å². The number of carbonyl (C=O) groups excluding carboxylic acids is 1. The minimum Gasteiger partial charge on any atom is -0.336 e. The lowest BCUT2D eigenvalue weighted by molar-refractivity contribution is 0.0789. The van der Waals surface area contributed by atoms with Gasteiger partial charge in [0.1, 0.15) is 5.82 Å². The Hall–Kier alpha value is -2.99. The molecular weight excluding hydrogens is 350 g/mol. The number of nitrogens with two attached hydrogens (primary N) is 1. The number of benzene rings is 2. The third kappa shape index (κ3) is 3.20. The second kappa shape index (κ2) is 6.87. The maximum absolute atomic E-state index is 13.0. The quantitative estimate of drug-likeness (QED) is 0.736. The van der Waals surface area contributed by atoms with Crippen molar-refractivity contribution in [3.05, 3.63) is 71.5 Å². The summed E-state index contributed by atoms with van der Waals surface area (Å²) in [6, 6.07) is 17.7. The molecule has 6 nitrogen and oxygen atoms in total. The van der Waals surface area contributed by atoms with E-state index in [1.807, 2.05) is 47.4 Å². The van der Waals surface area contributed by atoms with Gasteiger partial charge >= 0.3 is 0 Å². The van der Waals surface area contributed by atoms with Gasteiger partial charge < -0.3 is 10.6 Å². The number of likely N-dealkylation sites (tertiary alicyclic amines) is 1. The third-order valence-corrected chi connectivity index (χ3v) is 5.74. The standard InChI is InChI=1S/C22H23N5O/c23-19-13-27(12-18(19)14-4-2-1-3-5-14)22(28)17-10-8-16(9-11-17)21-24-20(25-26-21)15-6-7-15/h1-5,8-11,15,18-19H,6-7,12-13,23H2,(H,24,25,26)/t18-,19+/m0/s1. The lowest BCUT2D eigenvalue weighted by atomic mass is 9.95. The van der Waals surface area contributed by atoms with Crippen molar-refractivity contribution in [2.24, 2.45) is 5.73 Å². The Kier molecular flexibility index (Phi) is 4.20. The Balaban J connectivity index is 1.30. The average molecular weight is 373 g/mol. The van der Waals surface area contributed by atoms with Gasteiger partial charge in [0.15, 0.2) is 5.82 Å². The fourth-order valence-electron chi connectivity index (χ4n) is 3.93. The van der Waals surface area contributed by atoms with Crippen molar-refractivity contribution >= 4 is 5.91 Å². The summed E-state index contributed by atoms with van der Waals surface area (Å²) in [5.74, 6) is 2.40. The van der Waals surface area contributed by atoms with Crippen molar-refractivity contribution in [3.8, 4) is 11.4 Å². The highest BCUT2D eigenvalue weighted by Crippen LogP contribution is 2.38. The smallest absolute Gasteiger partial charge is 0.253 e. The molecule has 3 aromatic rings. The monoisotopic (exact) mass is 373 g/mol. The van der Waals surface area contributed by atoms with Crippen LogP contribution in [0.3, 0.4) is 0 Å². The maximum atomic E-state index is 13.0. The molecule has 142 valence electrons. The molecule has 5 rings (SSSR count). The normalized spacial score (nSPS) is 21.8. The number of amides is 1. The number of aromatic nitrogens is 3. The van der Waals surface area contributed by atoms with E-state index >= 15 is 0 Å². The number of hydrogen-bond donors (Lipinski definition) is 2. The van der Waals surface area contributed by atoms with Crippen LogP contribution in [0, 0.1) is 0 Å². The molecule has 1 amide bonds. The number of H-pyrrole nitrogens is 1. The summed E-state index contributed by atoms with van der Waals surface area (Å²) in [7, 11) is 0. The predicted molar refractivity (Wildman–Crippen MR) is 107 cm³/mol. The first-order valence-corrected chi connectivity index (χ1v) is 9.81. The molecule has 2 aliphatic rings. The molecule has 1 aliphatic carbocycles. The molecule has 0 spiro atoms. The number of aromatic amines is 1.